The Bertz CT molecular complexity index is 1170. The molecule has 4 saturated carbocycles. The molecule has 2 heteroatoms. The van der Waals surface area contributed by atoms with Crippen LogP contribution in [-0.4, -0.2) is 10.8 Å². The predicted octanol–water partition coefficient (Wildman–Crippen LogP) is 9.63. The molecule has 0 aromatic carbocycles. The normalized spacial score (nSPS) is 41.3. The average Bonchev–Trinajstić information content (AvgIpc) is 3.21. The minimum Gasteiger partial charge on any atom is -0.294 e. The fourth-order valence-electron chi connectivity index (χ4n) is 10.6. The van der Waals surface area contributed by atoms with Crippen molar-refractivity contribution in [3.63, 3.8) is 0 Å². The zero-order valence-electron chi connectivity index (χ0n) is 25.4. The second-order valence-electron chi connectivity index (χ2n) is 15.0. The van der Waals surface area contributed by atoms with E-state index in [1.54, 1.807) is 5.57 Å². The maximum Gasteiger partial charge on any atom is 0.164 e. The first-order valence-electron chi connectivity index (χ1n) is 15.3. The van der Waals surface area contributed by atoms with Crippen molar-refractivity contribution in [1.29, 1.82) is 0 Å². The van der Waals surface area contributed by atoms with Gasteiger partial charge in [0.1, 0.15) is 0 Å². The molecule has 0 saturated heterocycles. The highest BCUT2D eigenvalue weighted by Gasteiger charge is 2.69. The first-order chi connectivity index (χ1) is 17.8. The van der Waals surface area contributed by atoms with Gasteiger partial charge < -0.3 is 0 Å². The molecule has 7 atom stereocenters. The van der Waals surface area contributed by atoms with Gasteiger partial charge in [0.2, 0.25) is 0 Å². The molecule has 4 fully saturated rings. The van der Waals surface area contributed by atoms with E-state index < -0.39 is 0 Å². The minimum absolute atomic E-state index is 0.156. The van der Waals surface area contributed by atoms with Crippen LogP contribution in [0.2, 0.25) is 0 Å². The Balaban J connectivity index is 1.49. The summed E-state index contributed by atoms with van der Waals surface area (Å²) in [6.45, 7) is 19.2. The number of Topliss-reactive ketones (excluding diaryl/α,β-unsaturated/α-hetero) is 1. The van der Waals surface area contributed by atoms with Gasteiger partial charge in [0, 0.05) is 17.8 Å². The summed E-state index contributed by atoms with van der Waals surface area (Å²) >= 11 is 0. The molecule has 1 heterocycles. The lowest BCUT2D eigenvalue weighted by atomic mass is 9.35. The van der Waals surface area contributed by atoms with E-state index in [-0.39, 0.29) is 10.8 Å². The molecule has 4 aliphatic carbocycles. The number of fused-ring (bicyclic) bond motifs is 5. The summed E-state index contributed by atoms with van der Waals surface area (Å²) in [5, 5.41) is 0. The van der Waals surface area contributed by atoms with Crippen LogP contribution in [0.3, 0.4) is 0 Å². The Kier molecular flexibility index (Phi) is 6.97. The molecule has 0 amide bonds. The Morgan fingerprint density at radius 1 is 0.895 bits per heavy atom. The zero-order chi connectivity index (χ0) is 27.5. The van der Waals surface area contributed by atoms with Gasteiger partial charge in [-0.25, -0.2) is 0 Å². The van der Waals surface area contributed by atoms with Crippen molar-refractivity contribution in [2.75, 3.05) is 0 Å². The Hall–Kier alpha value is -1.96. The molecule has 2 nitrogen and oxygen atoms in total. The van der Waals surface area contributed by atoms with Crippen LogP contribution in [0, 0.1) is 45.3 Å². The molecule has 4 aliphatic rings. The lowest BCUT2D eigenvalue weighted by molar-refractivity contribution is -0.195. The smallest absolute Gasteiger partial charge is 0.164 e. The third-order valence-corrected chi connectivity index (χ3v) is 12.6. The van der Waals surface area contributed by atoms with E-state index in [0.717, 1.165) is 35.8 Å². The van der Waals surface area contributed by atoms with E-state index in [2.05, 4.69) is 78.6 Å². The van der Waals surface area contributed by atoms with Crippen molar-refractivity contribution in [2.45, 2.75) is 107 Å². The first kappa shape index (κ1) is 27.6. The molecule has 206 valence electrons. The quantitative estimate of drug-likeness (QED) is 0.296. The largest absolute Gasteiger partial charge is 0.294 e. The maximum absolute atomic E-state index is 13.9. The topological polar surface area (TPSA) is 30.0 Å². The van der Waals surface area contributed by atoms with Crippen LogP contribution in [0.4, 0.5) is 0 Å². The SMILES string of the molecule is CC(C)=CC/C=C(/C)[C@H]1CC[C@]2(C)[C@@H]1CC[C@@H]1[C@@]3(C)C/C(=C/c4ccncc4)C(=O)C(C)(C)[C@@H]3CC[C@]12C. The molecule has 1 aromatic rings. The van der Waals surface area contributed by atoms with Crippen molar-refractivity contribution < 1.29 is 4.79 Å². The van der Waals surface area contributed by atoms with Gasteiger partial charge in [-0.1, -0.05) is 57.9 Å². The fourth-order valence-corrected chi connectivity index (χ4v) is 10.6. The molecule has 38 heavy (non-hydrogen) atoms. The van der Waals surface area contributed by atoms with Crippen LogP contribution in [0.25, 0.3) is 6.08 Å². The molecular formula is C36H51NO. The van der Waals surface area contributed by atoms with Crippen LogP contribution < -0.4 is 0 Å². The maximum atomic E-state index is 13.9. The predicted molar refractivity (Wildman–Crippen MR) is 159 cm³/mol. The number of pyridine rings is 1. The van der Waals surface area contributed by atoms with Gasteiger partial charge in [0.15, 0.2) is 5.78 Å². The number of nitrogens with zero attached hydrogens (tertiary/aromatic N) is 1. The van der Waals surface area contributed by atoms with E-state index in [0.29, 0.717) is 28.4 Å². The van der Waals surface area contributed by atoms with Gasteiger partial charge in [-0.3, -0.25) is 9.78 Å². The molecule has 0 N–H and O–H groups in total. The molecule has 0 spiro atoms. The van der Waals surface area contributed by atoms with Crippen LogP contribution in [0.15, 0.2) is 53.4 Å². The molecule has 5 rings (SSSR count). The summed E-state index contributed by atoms with van der Waals surface area (Å²) < 4.78 is 0. The first-order valence-corrected chi connectivity index (χ1v) is 15.3. The molecule has 0 unspecified atom stereocenters. The Labute approximate surface area is 232 Å². The number of rotatable bonds is 4. The zero-order valence-corrected chi connectivity index (χ0v) is 25.4. The lowest BCUT2D eigenvalue weighted by Crippen LogP contribution is -2.63. The second kappa shape index (κ2) is 9.60. The van der Waals surface area contributed by atoms with Crippen LogP contribution in [0.5, 0.6) is 0 Å². The standard InChI is InChI=1S/C36H51NO/c1-24(2)10-9-11-25(3)28-14-18-35(7)29(28)12-13-31-34(6)23-27(22-26-16-20-37-21-17-26)32(38)33(4,5)30(34)15-19-36(31,35)8/h10-11,16-17,20-22,28-31H,9,12-15,18-19,23H2,1-8H3/b25-11-,27-22-/t28-,29-,30+,31-,34+,35-,36-/m1/s1. The summed E-state index contributed by atoms with van der Waals surface area (Å²) in [7, 11) is 0. The van der Waals surface area contributed by atoms with Crippen molar-refractivity contribution in [1.82, 2.24) is 4.98 Å². The number of aromatic nitrogens is 1. The number of carbonyl (C=O) groups excluding carboxylic acids is 1. The van der Waals surface area contributed by atoms with Crippen molar-refractivity contribution in [2.24, 2.45) is 45.3 Å². The number of hydrogen-bond donors (Lipinski definition) is 0. The van der Waals surface area contributed by atoms with Gasteiger partial charge in [-0.05, 0) is 141 Å². The van der Waals surface area contributed by atoms with E-state index in [1.807, 2.05) is 24.5 Å². The number of carbonyl (C=O) groups is 1. The average molecular weight is 514 g/mol. The van der Waals surface area contributed by atoms with Crippen molar-refractivity contribution in [3.05, 3.63) is 59.0 Å². The number of hydrogen-bond acceptors (Lipinski definition) is 2. The van der Waals surface area contributed by atoms with Crippen LogP contribution in [-0.2, 0) is 4.79 Å². The second-order valence-corrected chi connectivity index (χ2v) is 15.0. The molecule has 0 bridgehead atoms. The third kappa shape index (κ3) is 4.11. The van der Waals surface area contributed by atoms with Crippen LogP contribution in [0.1, 0.15) is 112 Å². The van der Waals surface area contributed by atoms with Gasteiger partial charge in [-0.15, -0.1) is 0 Å². The van der Waals surface area contributed by atoms with Crippen molar-refractivity contribution in [3.8, 4) is 0 Å². The highest BCUT2D eigenvalue weighted by molar-refractivity contribution is 6.04. The highest BCUT2D eigenvalue weighted by atomic mass is 16.1. The molecular weight excluding hydrogens is 462 g/mol. The number of ketones is 1. The summed E-state index contributed by atoms with van der Waals surface area (Å²) in [6, 6.07) is 4.07. The number of allylic oxidation sites excluding steroid dienone is 5. The van der Waals surface area contributed by atoms with Gasteiger partial charge in [0.05, 0.1) is 0 Å². The summed E-state index contributed by atoms with van der Waals surface area (Å²) in [4.78, 5) is 18.1. The van der Waals surface area contributed by atoms with E-state index in [9.17, 15) is 4.79 Å². The van der Waals surface area contributed by atoms with E-state index in [4.69, 9.17) is 0 Å². The summed E-state index contributed by atoms with van der Waals surface area (Å²) in [5.41, 5.74) is 5.73. The minimum atomic E-state index is -0.312. The summed E-state index contributed by atoms with van der Waals surface area (Å²) in [5.74, 6) is 3.02. The van der Waals surface area contributed by atoms with Crippen molar-refractivity contribution >= 4 is 11.9 Å². The third-order valence-electron chi connectivity index (χ3n) is 12.6. The molecule has 1 aromatic heterocycles. The van der Waals surface area contributed by atoms with Gasteiger partial charge >= 0.3 is 0 Å². The molecule has 0 aliphatic heterocycles. The highest BCUT2D eigenvalue weighted by Crippen LogP contribution is 2.75. The van der Waals surface area contributed by atoms with Crippen LogP contribution >= 0.6 is 0 Å². The molecule has 0 radical (unpaired) electrons. The summed E-state index contributed by atoms with van der Waals surface area (Å²) in [6.07, 6.45) is 20.5. The Morgan fingerprint density at radius 2 is 1.58 bits per heavy atom. The fraction of sp³-hybridized carbons (Fsp3) is 0.667. The van der Waals surface area contributed by atoms with Gasteiger partial charge in [-0.2, -0.15) is 0 Å². The van der Waals surface area contributed by atoms with E-state index in [1.165, 1.54) is 44.1 Å². The van der Waals surface area contributed by atoms with Gasteiger partial charge in [0.25, 0.3) is 0 Å². The Morgan fingerprint density at radius 3 is 2.26 bits per heavy atom. The lowest BCUT2D eigenvalue weighted by Gasteiger charge is -2.69. The van der Waals surface area contributed by atoms with E-state index >= 15 is 0 Å². The monoisotopic (exact) mass is 513 g/mol.